The molecule has 1 aromatic rings. The van der Waals surface area contributed by atoms with E-state index in [9.17, 15) is 14.9 Å². The Hall–Kier alpha value is -2.06. The molecule has 130 valence electrons. The average Bonchev–Trinajstić information content (AvgIpc) is 2.51. The Morgan fingerprint density at radius 2 is 2.04 bits per heavy atom. The molecular formula is C14H22ClN3O5. The van der Waals surface area contributed by atoms with E-state index in [0.717, 1.165) is 0 Å². The number of benzene rings is 1. The fraction of sp³-hybridized carbons (Fsp3) is 0.500. The molecule has 0 heterocycles. The van der Waals surface area contributed by atoms with Crippen molar-refractivity contribution in [2.24, 2.45) is 0 Å². The molecule has 1 aromatic carbocycles. The Balaban J connectivity index is 0.00000484. The third-order valence-electron chi connectivity index (χ3n) is 3.08. The van der Waals surface area contributed by atoms with Crippen molar-refractivity contribution in [2.45, 2.75) is 19.9 Å². The number of ether oxygens (including phenoxy) is 2. The van der Waals surface area contributed by atoms with Crippen LogP contribution in [-0.4, -0.2) is 44.2 Å². The molecule has 0 saturated carbocycles. The van der Waals surface area contributed by atoms with Crippen molar-refractivity contribution < 1.29 is 19.2 Å². The van der Waals surface area contributed by atoms with Crippen LogP contribution in [-0.2, 0) is 0 Å². The number of methoxy groups -OCH3 is 1. The van der Waals surface area contributed by atoms with Crippen molar-refractivity contribution in [3.8, 4) is 11.5 Å². The van der Waals surface area contributed by atoms with Crippen LogP contribution in [0.5, 0.6) is 11.5 Å². The number of halogens is 1. The van der Waals surface area contributed by atoms with Gasteiger partial charge >= 0.3 is 0 Å². The van der Waals surface area contributed by atoms with Crippen LogP contribution < -0.4 is 20.1 Å². The standard InChI is InChI=1S/C14H21N3O5.ClH/c1-5-22-13-7-11(17(19)20)10(6-12(13)21-4)14(18)16-8-9(2)15-3;/h6-7,9,15H,5,8H2,1-4H3,(H,16,18);1H. The van der Waals surface area contributed by atoms with Crippen LogP contribution in [0.15, 0.2) is 12.1 Å². The number of carbonyl (C=O) groups is 1. The van der Waals surface area contributed by atoms with Gasteiger partial charge in [0.2, 0.25) is 0 Å². The van der Waals surface area contributed by atoms with Gasteiger partial charge in [0, 0.05) is 18.7 Å². The number of nitro groups is 1. The molecule has 1 unspecified atom stereocenters. The van der Waals surface area contributed by atoms with Crippen LogP contribution in [0.4, 0.5) is 5.69 Å². The summed E-state index contributed by atoms with van der Waals surface area (Å²) in [5.41, 5.74) is -0.382. The zero-order valence-electron chi connectivity index (χ0n) is 13.5. The van der Waals surface area contributed by atoms with Crippen molar-refractivity contribution >= 4 is 24.0 Å². The van der Waals surface area contributed by atoms with Crippen molar-refractivity contribution in [1.82, 2.24) is 10.6 Å². The van der Waals surface area contributed by atoms with Gasteiger partial charge in [0.25, 0.3) is 11.6 Å². The molecular weight excluding hydrogens is 326 g/mol. The molecule has 0 saturated heterocycles. The summed E-state index contributed by atoms with van der Waals surface area (Å²) in [6.07, 6.45) is 0. The Morgan fingerprint density at radius 1 is 1.39 bits per heavy atom. The van der Waals surface area contributed by atoms with Gasteiger partial charge in [0.05, 0.1) is 24.7 Å². The van der Waals surface area contributed by atoms with Crippen LogP contribution in [0, 0.1) is 10.1 Å². The summed E-state index contributed by atoms with van der Waals surface area (Å²) in [5, 5.41) is 16.8. The number of amides is 1. The highest BCUT2D eigenvalue weighted by atomic mass is 35.5. The molecule has 0 bridgehead atoms. The maximum Gasteiger partial charge on any atom is 0.286 e. The minimum absolute atomic E-state index is 0. The molecule has 23 heavy (non-hydrogen) atoms. The van der Waals surface area contributed by atoms with Gasteiger partial charge in [-0.1, -0.05) is 0 Å². The molecule has 1 rings (SSSR count). The number of rotatable bonds is 8. The summed E-state index contributed by atoms with van der Waals surface area (Å²) in [6, 6.07) is 2.58. The molecule has 0 aliphatic rings. The lowest BCUT2D eigenvalue weighted by molar-refractivity contribution is -0.385. The lowest BCUT2D eigenvalue weighted by atomic mass is 10.1. The maximum atomic E-state index is 12.2. The number of nitrogens with zero attached hydrogens (tertiary/aromatic N) is 1. The van der Waals surface area contributed by atoms with Gasteiger partial charge in [0.1, 0.15) is 5.56 Å². The normalized spacial score (nSPS) is 11.1. The quantitative estimate of drug-likeness (QED) is 0.548. The second-order valence-corrected chi connectivity index (χ2v) is 4.61. The minimum atomic E-state index is -0.613. The summed E-state index contributed by atoms with van der Waals surface area (Å²) in [6.45, 7) is 4.32. The van der Waals surface area contributed by atoms with E-state index in [2.05, 4.69) is 10.6 Å². The van der Waals surface area contributed by atoms with E-state index in [1.807, 2.05) is 6.92 Å². The van der Waals surface area contributed by atoms with E-state index in [4.69, 9.17) is 9.47 Å². The molecule has 0 aliphatic heterocycles. The molecule has 0 aromatic heterocycles. The van der Waals surface area contributed by atoms with Crippen LogP contribution in [0.1, 0.15) is 24.2 Å². The van der Waals surface area contributed by atoms with Gasteiger partial charge in [-0.05, 0) is 20.9 Å². The maximum absolute atomic E-state index is 12.2. The van der Waals surface area contributed by atoms with Crippen molar-refractivity contribution in [3.63, 3.8) is 0 Å². The van der Waals surface area contributed by atoms with Gasteiger partial charge in [-0.3, -0.25) is 14.9 Å². The largest absolute Gasteiger partial charge is 0.493 e. The second-order valence-electron chi connectivity index (χ2n) is 4.61. The van der Waals surface area contributed by atoms with Gasteiger partial charge in [-0.25, -0.2) is 0 Å². The van der Waals surface area contributed by atoms with Gasteiger partial charge in [0.15, 0.2) is 11.5 Å². The second kappa shape index (κ2) is 9.86. The topological polar surface area (TPSA) is 103 Å². The van der Waals surface area contributed by atoms with Crippen LogP contribution >= 0.6 is 12.4 Å². The predicted octanol–water partition coefficient (Wildman–Crippen LogP) is 1.76. The van der Waals surface area contributed by atoms with Gasteiger partial charge in [-0.15, -0.1) is 12.4 Å². The molecule has 0 fully saturated rings. The summed E-state index contributed by atoms with van der Waals surface area (Å²) >= 11 is 0. The lowest BCUT2D eigenvalue weighted by Gasteiger charge is -2.13. The summed E-state index contributed by atoms with van der Waals surface area (Å²) in [4.78, 5) is 22.8. The first-order valence-electron chi connectivity index (χ1n) is 6.89. The summed E-state index contributed by atoms with van der Waals surface area (Å²) in [5.74, 6) is -0.0220. The monoisotopic (exact) mass is 347 g/mol. The Bertz CT molecular complexity index is 553. The fourth-order valence-corrected chi connectivity index (χ4v) is 1.75. The first-order valence-corrected chi connectivity index (χ1v) is 6.89. The molecule has 0 spiro atoms. The van der Waals surface area contributed by atoms with Gasteiger partial charge in [-0.2, -0.15) is 0 Å². The SMILES string of the molecule is CCOc1cc([N+](=O)[O-])c(C(=O)NCC(C)NC)cc1OC.Cl. The Morgan fingerprint density at radius 3 is 2.52 bits per heavy atom. The first kappa shape index (κ1) is 20.9. The van der Waals surface area contributed by atoms with Crippen molar-refractivity contribution in [3.05, 3.63) is 27.8 Å². The average molecular weight is 348 g/mol. The first-order chi connectivity index (χ1) is 10.4. The highest BCUT2D eigenvalue weighted by Crippen LogP contribution is 2.34. The third kappa shape index (κ3) is 5.57. The van der Waals surface area contributed by atoms with E-state index in [0.29, 0.717) is 13.2 Å². The van der Waals surface area contributed by atoms with E-state index in [1.165, 1.54) is 19.2 Å². The highest BCUT2D eigenvalue weighted by molar-refractivity contribution is 5.99. The molecule has 0 radical (unpaired) electrons. The summed E-state index contributed by atoms with van der Waals surface area (Å²) in [7, 11) is 3.17. The van der Waals surface area contributed by atoms with Crippen LogP contribution in [0.25, 0.3) is 0 Å². The Kier molecular flexibility index (Phi) is 8.97. The number of hydrogen-bond acceptors (Lipinski definition) is 6. The van der Waals surface area contributed by atoms with Gasteiger partial charge < -0.3 is 20.1 Å². The third-order valence-corrected chi connectivity index (χ3v) is 3.08. The minimum Gasteiger partial charge on any atom is -0.493 e. The smallest absolute Gasteiger partial charge is 0.286 e. The lowest BCUT2D eigenvalue weighted by Crippen LogP contribution is -2.37. The molecule has 2 N–H and O–H groups in total. The molecule has 0 aliphatic carbocycles. The van der Waals surface area contributed by atoms with Crippen molar-refractivity contribution in [2.75, 3.05) is 27.3 Å². The number of nitrogens with one attached hydrogen (secondary N) is 2. The number of nitro benzene ring substituents is 1. The molecule has 1 atom stereocenters. The van der Waals surface area contributed by atoms with Crippen molar-refractivity contribution in [1.29, 1.82) is 0 Å². The summed E-state index contributed by atoms with van der Waals surface area (Å²) < 4.78 is 10.4. The fourth-order valence-electron chi connectivity index (χ4n) is 1.75. The highest BCUT2D eigenvalue weighted by Gasteiger charge is 2.24. The molecule has 9 heteroatoms. The molecule has 8 nitrogen and oxygen atoms in total. The number of hydrogen-bond donors (Lipinski definition) is 2. The predicted molar refractivity (Wildman–Crippen MR) is 88.9 cm³/mol. The molecule has 1 amide bonds. The van der Waals surface area contributed by atoms with E-state index in [1.54, 1.807) is 14.0 Å². The van der Waals surface area contributed by atoms with E-state index < -0.39 is 10.8 Å². The zero-order chi connectivity index (χ0) is 16.7. The zero-order valence-corrected chi connectivity index (χ0v) is 14.4. The number of carbonyl (C=O) groups excluding carboxylic acids is 1. The van der Waals surface area contributed by atoms with E-state index in [-0.39, 0.29) is 41.2 Å². The van der Waals surface area contributed by atoms with E-state index >= 15 is 0 Å². The van der Waals surface area contributed by atoms with Crippen LogP contribution in [0.3, 0.4) is 0 Å². The van der Waals surface area contributed by atoms with Crippen LogP contribution in [0.2, 0.25) is 0 Å². The Labute approximate surface area is 141 Å². The number of likely N-dealkylation sites (N-methyl/N-ethyl adjacent to an activating group) is 1.